The maximum absolute atomic E-state index is 4.54. The van der Waals surface area contributed by atoms with Gasteiger partial charge in [-0.15, -0.1) is 0 Å². The molecule has 0 aliphatic rings. The molecular formula is C36H30N6. The highest BCUT2D eigenvalue weighted by Gasteiger charge is 2.08. The van der Waals surface area contributed by atoms with Gasteiger partial charge in [0.25, 0.3) is 0 Å². The van der Waals surface area contributed by atoms with E-state index in [1.807, 2.05) is 158 Å². The van der Waals surface area contributed by atoms with Crippen LogP contribution in [-0.2, 0) is 0 Å². The van der Waals surface area contributed by atoms with Crippen molar-refractivity contribution in [3.8, 4) is 0 Å². The molecule has 0 aliphatic carbocycles. The maximum atomic E-state index is 4.54. The number of nitrogens with one attached hydrogen (secondary N) is 2. The van der Waals surface area contributed by atoms with Crippen LogP contribution < -0.4 is 10.9 Å². The van der Waals surface area contributed by atoms with Crippen LogP contribution in [0.2, 0.25) is 0 Å². The molecule has 0 amide bonds. The Hall–Kier alpha value is -5.88. The molecule has 204 valence electrons. The predicted octanol–water partition coefficient (Wildman–Crippen LogP) is 7.89. The highest BCUT2D eigenvalue weighted by molar-refractivity contribution is 6.12. The molecule has 0 atom stereocenters. The minimum absolute atomic E-state index is 0.819. The summed E-state index contributed by atoms with van der Waals surface area (Å²) >= 11 is 0. The largest absolute Gasteiger partial charge is 0.278 e. The molecule has 42 heavy (non-hydrogen) atoms. The standard InChI is InChI=1S/2C18H15N3/c2*1-3-9-15(10-4-1)18(17-13-7-8-14-19-17)21-20-16-11-5-2-6-12-16/h2*1-14,20H. The molecular weight excluding hydrogens is 516 g/mol. The molecule has 0 unspecified atom stereocenters. The number of aromatic nitrogens is 2. The van der Waals surface area contributed by atoms with E-state index in [1.165, 1.54) is 0 Å². The number of para-hydroxylation sites is 2. The number of hydrogen-bond donors (Lipinski definition) is 2. The molecule has 6 aromatic rings. The van der Waals surface area contributed by atoms with Gasteiger partial charge in [0.1, 0.15) is 11.4 Å². The lowest BCUT2D eigenvalue weighted by atomic mass is 10.1. The van der Waals surface area contributed by atoms with Gasteiger partial charge in [-0.05, 0) is 48.5 Å². The second kappa shape index (κ2) is 15.1. The van der Waals surface area contributed by atoms with Gasteiger partial charge < -0.3 is 0 Å². The van der Waals surface area contributed by atoms with E-state index in [-0.39, 0.29) is 0 Å². The lowest BCUT2D eigenvalue weighted by Crippen LogP contribution is -2.08. The van der Waals surface area contributed by atoms with Crippen LogP contribution in [0.1, 0.15) is 22.5 Å². The monoisotopic (exact) mass is 546 g/mol. The van der Waals surface area contributed by atoms with Crippen molar-refractivity contribution in [3.63, 3.8) is 0 Å². The zero-order valence-corrected chi connectivity index (χ0v) is 23.0. The Kier molecular flexibility index (Phi) is 9.92. The fourth-order valence-electron chi connectivity index (χ4n) is 4.00. The van der Waals surface area contributed by atoms with Crippen LogP contribution in [0.15, 0.2) is 180 Å². The Morgan fingerprint density at radius 3 is 1.05 bits per heavy atom. The van der Waals surface area contributed by atoms with Crippen LogP contribution in [0.25, 0.3) is 0 Å². The first-order valence-corrected chi connectivity index (χ1v) is 13.6. The van der Waals surface area contributed by atoms with E-state index < -0.39 is 0 Å². The first kappa shape index (κ1) is 27.7. The molecule has 0 spiro atoms. The number of hydrogen-bond acceptors (Lipinski definition) is 6. The van der Waals surface area contributed by atoms with Crippen molar-refractivity contribution in [2.75, 3.05) is 10.9 Å². The van der Waals surface area contributed by atoms with Crippen molar-refractivity contribution in [1.82, 2.24) is 9.97 Å². The topological polar surface area (TPSA) is 74.6 Å². The average molecular weight is 547 g/mol. The van der Waals surface area contributed by atoms with Gasteiger partial charge in [0, 0.05) is 23.5 Å². The number of pyridine rings is 2. The van der Waals surface area contributed by atoms with E-state index in [2.05, 4.69) is 31.0 Å². The summed E-state index contributed by atoms with van der Waals surface area (Å²) in [5.74, 6) is 0. The van der Waals surface area contributed by atoms with Crippen LogP contribution in [0.4, 0.5) is 11.4 Å². The molecule has 4 aromatic carbocycles. The summed E-state index contributed by atoms with van der Waals surface area (Å²) < 4.78 is 0. The third-order valence-electron chi connectivity index (χ3n) is 6.05. The van der Waals surface area contributed by atoms with E-state index >= 15 is 0 Å². The van der Waals surface area contributed by atoms with E-state index in [1.54, 1.807) is 12.4 Å². The fourth-order valence-corrected chi connectivity index (χ4v) is 4.00. The molecule has 6 heteroatoms. The minimum atomic E-state index is 0.819. The number of anilines is 2. The van der Waals surface area contributed by atoms with Crippen LogP contribution in [0, 0.1) is 0 Å². The molecule has 0 fully saturated rings. The van der Waals surface area contributed by atoms with E-state index in [0.717, 1.165) is 45.3 Å². The highest BCUT2D eigenvalue weighted by atomic mass is 15.3. The SMILES string of the molecule is c1ccc(NN=C(c2ccccc2)c2ccccn2)cc1.c1ccc(NN=C(c2ccccc2)c2ccccn2)cc1. The quantitative estimate of drug-likeness (QED) is 0.150. The first-order chi connectivity index (χ1) is 20.9. The number of rotatable bonds is 8. The molecule has 2 heterocycles. The number of nitrogens with zero attached hydrogens (tertiary/aromatic N) is 4. The van der Waals surface area contributed by atoms with Gasteiger partial charge >= 0.3 is 0 Å². The summed E-state index contributed by atoms with van der Waals surface area (Å²) in [5.41, 5.74) is 13.4. The van der Waals surface area contributed by atoms with Crippen molar-refractivity contribution < 1.29 is 0 Å². The molecule has 0 saturated carbocycles. The van der Waals surface area contributed by atoms with E-state index in [9.17, 15) is 0 Å². The van der Waals surface area contributed by atoms with Crippen LogP contribution in [-0.4, -0.2) is 21.4 Å². The van der Waals surface area contributed by atoms with Crippen LogP contribution in [0.5, 0.6) is 0 Å². The summed E-state index contributed by atoms with van der Waals surface area (Å²) in [7, 11) is 0. The lowest BCUT2D eigenvalue weighted by Gasteiger charge is -2.07. The molecule has 0 radical (unpaired) electrons. The Morgan fingerprint density at radius 2 is 0.714 bits per heavy atom. The van der Waals surface area contributed by atoms with Crippen molar-refractivity contribution in [1.29, 1.82) is 0 Å². The highest BCUT2D eigenvalue weighted by Crippen LogP contribution is 2.12. The Labute approximate surface area is 246 Å². The second-order valence-electron chi connectivity index (χ2n) is 9.04. The summed E-state index contributed by atoms with van der Waals surface area (Å²) in [6.07, 6.45) is 3.55. The molecule has 2 N–H and O–H groups in total. The van der Waals surface area contributed by atoms with Gasteiger partial charge in [-0.2, -0.15) is 10.2 Å². The molecule has 0 bridgehead atoms. The molecule has 6 rings (SSSR count). The van der Waals surface area contributed by atoms with Gasteiger partial charge in [0.15, 0.2) is 0 Å². The van der Waals surface area contributed by atoms with Crippen LogP contribution >= 0.6 is 0 Å². The summed E-state index contributed by atoms with van der Waals surface area (Å²) in [4.78, 5) is 8.79. The Balaban J connectivity index is 0.000000168. The smallest absolute Gasteiger partial charge is 0.116 e. The first-order valence-electron chi connectivity index (χ1n) is 13.6. The Bertz CT molecular complexity index is 1460. The molecule has 6 nitrogen and oxygen atoms in total. The van der Waals surface area contributed by atoms with Crippen molar-refractivity contribution in [2.45, 2.75) is 0 Å². The average Bonchev–Trinajstić information content (AvgIpc) is 3.08. The van der Waals surface area contributed by atoms with E-state index in [4.69, 9.17) is 0 Å². The normalized spacial score (nSPS) is 11.1. The van der Waals surface area contributed by atoms with Crippen molar-refractivity contribution >= 4 is 22.8 Å². The lowest BCUT2D eigenvalue weighted by molar-refractivity contribution is 1.25. The zero-order chi connectivity index (χ0) is 28.7. The van der Waals surface area contributed by atoms with Gasteiger partial charge in [-0.25, -0.2) is 0 Å². The molecule has 0 saturated heterocycles. The Morgan fingerprint density at radius 1 is 0.381 bits per heavy atom. The second-order valence-corrected chi connectivity index (χ2v) is 9.04. The van der Waals surface area contributed by atoms with Gasteiger partial charge in [0.05, 0.1) is 22.8 Å². The van der Waals surface area contributed by atoms with Gasteiger partial charge in [-0.1, -0.05) is 109 Å². The minimum Gasteiger partial charge on any atom is -0.278 e. The fraction of sp³-hybridized carbons (Fsp3) is 0. The molecule has 2 aromatic heterocycles. The molecule has 0 aliphatic heterocycles. The summed E-state index contributed by atoms with van der Waals surface area (Å²) in [6.45, 7) is 0. The predicted molar refractivity (Wildman–Crippen MR) is 173 cm³/mol. The summed E-state index contributed by atoms with van der Waals surface area (Å²) in [6, 6.07) is 51.5. The third-order valence-corrected chi connectivity index (χ3v) is 6.05. The summed E-state index contributed by atoms with van der Waals surface area (Å²) in [5, 5.41) is 9.08. The number of hydrazone groups is 2. The van der Waals surface area contributed by atoms with Gasteiger partial charge in [0.2, 0.25) is 0 Å². The van der Waals surface area contributed by atoms with E-state index in [0.29, 0.717) is 0 Å². The zero-order valence-electron chi connectivity index (χ0n) is 23.0. The third kappa shape index (κ3) is 8.07. The van der Waals surface area contributed by atoms with Crippen molar-refractivity contribution in [2.24, 2.45) is 10.2 Å². The van der Waals surface area contributed by atoms with Crippen molar-refractivity contribution in [3.05, 3.63) is 193 Å². The number of benzene rings is 4. The maximum Gasteiger partial charge on any atom is 0.116 e. The van der Waals surface area contributed by atoms with Crippen LogP contribution in [0.3, 0.4) is 0 Å². The van der Waals surface area contributed by atoms with Gasteiger partial charge in [-0.3, -0.25) is 20.8 Å².